The molecular formula is C21H27F3N4O2. The van der Waals surface area contributed by atoms with Crippen LogP contribution in [0.2, 0.25) is 0 Å². The molecule has 164 valence electrons. The van der Waals surface area contributed by atoms with Crippen LogP contribution in [0.4, 0.5) is 19.0 Å². The summed E-state index contributed by atoms with van der Waals surface area (Å²) in [5.74, 6) is 0.756. The number of rotatable bonds is 8. The quantitative estimate of drug-likeness (QED) is 0.648. The highest BCUT2D eigenvalue weighted by atomic mass is 19.4. The molecule has 2 rings (SSSR count). The van der Waals surface area contributed by atoms with Crippen LogP contribution >= 0.6 is 0 Å². The van der Waals surface area contributed by atoms with E-state index in [0.717, 1.165) is 29.8 Å². The van der Waals surface area contributed by atoms with Crippen LogP contribution in [0, 0.1) is 19.8 Å². The van der Waals surface area contributed by atoms with Gasteiger partial charge in [-0.15, -0.1) is 0 Å². The molecule has 2 N–H and O–H groups in total. The molecule has 0 saturated carbocycles. The SMILES string of the molecule is Cc1cc(C(C)NC(=O)c2cc(C)c(OCC(F)(F)F)cn2)cc(NCC(C)C)n1. The topological polar surface area (TPSA) is 76.1 Å². The van der Waals surface area contributed by atoms with Crippen LogP contribution in [0.25, 0.3) is 0 Å². The number of aryl methyl sites for hydroxylation is 2. The van der Waals surface area contributed by atoms with Crippen LogP contribution in [0.5, 0.6) is 5.75 Å². The Morgan fingerprint density at radius 3 is 2.47 bits per heavy atom. The number of hydrogen-bond acceptors (Lipinski definition) is 5. The normalized spacial score (nSPS) is 12.6. The summed E-state index contributed by atoms with van der Waals surface area (Å²) in [4.78, 5) is 21.0. The molecule has 6 nitrogen and oxygen atoms in total. The number of pyridine rings is 2. The fourth-order valence-electron chi connectivity index (χ4n) is 2.68. The minimum atomic E-state index is -4.44. The molecule has 0 spiro atoms. The lowest BCUT2D eigenvalue weighted by molar-refractivity contribution is -0.153. The second-order valence-corrected chi connectivity index (χ2v) is 7.64. The van der Waals surface area contributed by atoms with Gasteiger partial charge in [-0.25, -0.2) is 9.97 Å². The number of hydrogen-bond donors (Lipinski definition) is 2. The molecule has 0 fully saturated rings. The third kappa shape index (κ3) is 7.20. The van der Waals surface area contributed by atoms with Gasteiger partial charge in [-0.2, -0.15) is 13.2 Å². The molecule has 0 radical (unpaired) electrons. The summed E-state index contributed by atoms with van der Waals surface area (Å²) in [5.41, 5.74) is 2.19. The number of carbonyl (C=O) groups is 1. The first-order valence-electron chi connectivity index (χ1n) is 9.64. The Hall–Kier alpha value is -2.84. The van der Waals surface area contributed by atoms with E-state index in [-0.39, 0.29) is 17.5 Å². The Morgan fingerprint density at radius 1 is 1.17 bits per heavy atom. The van der Waals surface area contributed by atoms with E-state index >= 15 is 0 Å². The molecule has 2 heterocycles. The molecule has 9 heteroatoms. The zero-order valence-corrected chi connectivity index (χ0v) is 17.7. The van der Waals surface area contributed by atoms with Crippen molar-refractivity contribution < 1.29 is 22.7 Å². The summed E-state index contributed by atoms with van der Waals surface area (Å²) in [6, 6.07) is 4.86. The van der Waals surface area contributed by atoms with Crippen molar-refractivity contribution in [3.63, 3.8) is 0 Å². The molecule has 0 aliphatic heterocycles. The smallest absolute Gasteiger partial charge is 0.422 e. The van der Waals surface area contributed by atoms with Crippen molar-refractivity contribution >= 4 is 11.7 Å². The van der Waals surface area contributed by atoms with E-state index in [1.807, 2.05) is 26.0 Å². The van der Waals surface area contributed by atoms with Crippen LogP contribution in [0.15, 0.2) is 24.4 Å². The summed E-state index contributed by atoms with van der Waals surface area (Å²) in [6.07, 6.45) is -3.31. The zero-order valence-electron chi connectivity index (χ0n) is 17.7. The van der Waals surface area contributed by atoms with Crippen molar-refractivity contribution in [1.82, 2.24) is 15.3 Å². The predicted molar refractivity (Wildman–Crippen MR) is 109 cm³/mol. The van der Waals surface area contributed by atoms with Gasteiger partial charge < -0.3 is 15.4 Å². The number of amides is 1. The van der Waals surface area contributed by atoms with Crippen molar-refractivity contribution in [1.29, 1.82) is 0 Å². The molecule has 1 amide bonds. The van der Waals surface area contributed by atoms with E-state index in [9.17, 15) is 18.0 Å². The van der Waals surface area contributed by atoms with Crippen LogP contribution < -0.4 is 15.4 Å². The van der Waals surface area contributed by atoms with Gasteiger partial charge >= 0.3 is 6.18 Å². The highest BCUT2D eigenvalue weighted by Crippen LogP contribution is 2.22. The maximum Gasteiger partial charge on any atom is 0.422 e. The Balaban J connectivity index is 2.07. The summed E-state index contributed by atoms with van der Waals surface area (Å²) in [5, 5.41) is 6.13. The number of halogens is 3. The van der Waals surface area contributed by atoms with E-state index in [2.05, 4.69) is 34.4 Å². The summed E-state index contributed by atoms with van der Waals surface area (Å²) < 4.78 is 41.7. The zero-order chi connectivity index (χ0) is 22.5. The molecular weight excluding hydrogens is 397 g/mol. The molecule has 2 aromatic rings. The largest absolute Gasteiger partial charge is 0.482 e. The first-order chi connectivity index (χ1) is 13.9. The van der Waals surface area contributed by atoms with Crippen molar-refractivity contribution in [3.8, 4) is 5.75 Å². The lowest BCUT2D eigenvalue weighted by Gasteiger charge is -2.17. The Morgan fingerprint density at radius 2 is 1.87 bits per heavy atom. The van der Waals surface area contributed by atoms with Gasteiger partial charge in [-0.3, -0.25) is 4.79 Å². The summed E-state index contributed by atoms with van der Waals surface area (Å²) in [6.45, 7) is 8.85. The second kappa shape index (κ2) is 9.77. The maximum atomic E-state index is 12.6. The predicted octanol–water partition coefficient (Wildman–Crippen LogP) is 4.59. The Kier molecular flexibility index (Phi) is 7.64. The monoisotopic (exact) mass is 424 g/mol. The van der Waals surface area contributed by atoms with Gasteiger partial charge in [-0.05, 0) is 56.0 Å². The van der Waals surface area contributed by atoms with Crippen molar-refractivity contribution in [2.24, 2.45) is 5.92 Å². The van der Waals surface area contributed by atoms with E-state index in [1.165, 1.54) is 6.07 Å². The number of aromatic nitrogens is 2. The fraction of sp³-hybridized carbons (Fsp3) is 0.476. The number of carbonyl (C=O) groups excluding carboxylic acids is 1. The Bertz CT molecular complexity index is 885. The van der Waals surface area contributed by atoms with Crippen molar-refractivity contribution in [3.05, 3.63) is 46.9 Å². The molecule has 0 aliphatic rings. The van der Waals surface area contributed by atoms with Gasteiger partial charge in [0.25, 0.3) is 5.91 Å². The average molecular weight is 424 g/mol. The third-order valence-electron chi connectivity index (χ3n) is 4.20. The van der Waals surface area contributed by atoms with Gasteiger partial charge in [0.15, 0.2) is 6.61 Å². The summed E-state index contributed by atoms with van der Waals surface area (Å²) >= 11 is 0. The fourth-order valence-corrected chi connectivity index (χ4v) is 2.68. The number of nitrogens with zero attached hydrogens (tertiary/aromatic N) is 2. The van der Waals surface area contributed by atoms with Gasteiger partial charge in [-0.1, -0.05) is 13.8 Å². The van der Waals surface area contributed by atoms with Crippen LogP contribution in [0.1, 0.15) is 54.1 Å². The highest BCUT2D eigenvalue weighted by Gasteiger charge is 2.28. The molecule has 30 heavy (non-hydrogen) atoms. The molecule has 0 aromatic carbocycles. The van der Waals surface area contributed by atoms with Gasteiger partial charge in [0.2, 0.25) is 0 Å². The van der Waals surface area contributed by atoms with E-state index in [4.69, 9.17) is 4.74 Å². The lowest BCUT2D eigenvalue weighted by Crippen LogP contribution is -2.28. The molecule has 0 saturated heterocycles. The van der Waals surface area contributed by atoms with E-state index in [0.29, 0.717) is 11.5 Å². The molecule has 0 aliphatic carbocycles. The first-order valence-corrected chi connectivity index (χ1v) is 9.64. The number of alkyl halides is 3. The van der Waals surface area contributed by atoms with Crippen LogP contribution in [-0.4, -0.2) is 35.2 Å². The third-order valence-corrected chi connectivity index (χ3v) is 4.20. The number of ether oxygens (including phenoxy) is 1. The van der Waals surface area contributed by atoms with Gasteiger partial charge in [0.05, 0.1) is 12.2 Å². The van der Waals surface area contributed by atoms with Crippen molar-refractivity contribution in [2.45, 2.75) is 46.8 Å². The Labute approximate surface area is 174 Å². The molecule has 0 bridgehead atoms. The minimum Gasteiger partial charge on any atom is -0.482 e. The van der Waals surface area contributed by atoms with E-state index < -0.39 is 18.7 Å². The maximum absolute atomic E-state index is 12.6. The highest BCUT2D eigenvalue weighted by molar-refractivity contribution is 5.92. The number of nitrogens with one attached hydrogen (secondary N) is 2. The van der Waals surface area contributed by atoms with E-state index in [1.54, 1.807) is 6.92 Å². The second-order valence-electron chi connectivity index (χ2n) is 7.64. The van der Waals surface area contributed by atoms with Gasteiger partial charge in [0, 0.05) is 12.2 Å². The first kappa shape index (κ1) is 23.4. The van der Waals surface area contributed by atoms with Crippen molar-refractivity contribution in [2.75, 3.05) is 18.5 Å². The lowest BCUT2D eigenvalue weighted by atomic mass is 10.1. The van der Waals surface area contributed by atoms with Crippen LogP contribution in [0.3, 0.4) is 0 Å². The molecule has 2 aromatic heterocycles. The summed E-state index contributed by atoms with van der Waals surface area (Å²) in [7, 11) is 0. The number of anilines is 1. The minimum absolute atomic E-state index is 0.0115. The van der Waals surface area contributed by atoms with Gasteiger partial charge in [0.1, 0.15) is 17.3 Å². The molecule has 1 unspecified atom stereocenters. The van der Waals surface area contributed by atoms with Crippen LogP contribution in [-0.2, 0) is 0 Å². The standard InChI is InChI=1S/C21H27F3N4O2/c1-12(2)9-26-19-8-16(7-14(4)27-19)15(5)28-20(29)17-6-13(3)18(10-25-17)30-11-21(22,23)24/h6-8,10,12,15H,9,11H2,1-5H3,(H,26,27)(H,28,29). The average Bonchev–Trinajstić information content (AvgIpc) is 2.64. The molecule has 1 atom stereocenters.